The number of aliphatic hydroxyl groups is 1. The fraction of sp³-hybridized carbons (Fsp3) is 0.647. The summed E-state index contributed by atoms with van der Waals surface area (Å²) in [6.45, 7) is 11.8. The van der Waals surface area contributed by atoms with Gasteiger partial charge in [0.1, 0.15) is 5.75 Å². The van der Waals surface area contributed by atoms with Crippen molar-refractivity contribution in [1.29, 1.82) is 0 Å². The minimum atomic E-state index is -0.322. The molecule has 20 heavy (non-hydrogen) atoms. The van der Waals surface area contributed by atoms with Crippen LogP contribution in [0.1, 0.15) is 52.6 Å². The highest BCUT2D eigenvalue weighted by molar-refractivity contribution is 5.35. The molecule has 3 nitrogen and oxygen atoms in total. The summed E-state index contributed by atoms with van der Waals surface area (Å²) >= 11 is 0. The minimum Gasteiger partial charge on any atom is -0.494 e. The lowest BCUT2D eigenvalue weighted by molar-refractivity contribution is 0.117. The van der Waals surface area contributed by atoms with Crippen LogP contribution in [0.3, 0.4) is 0 Å². The molecule has 0 bridgehead atoms. The molecule has 3 heteroatoms. The van der Waals surface area contributed by atoms with Crippen LogP contribution in [0.2, 0.25) is 0 Å². The van der Waals surface area contributed by atoms with E-state index in [4.69, 9.17) is 4.74 Å². The molecule has 2 unspecified atom stereocenters. The molecule has 0 aliphatic rings. The number of nitrogens with one attached hydrogen (secondary N) is 1. The number of rotatable bonds is 7. The van der Waals surface area contributed by atoms with E-state index in [9.17, 15) is 5.11 Å². The van der Waals surface area contributed by atoms with E-state index in [1.807, 2.05) is 25.1 Å². The Bertz CT molecular complexity index is 398. The fourth-order valence-corrected chi connectivity index (χ4v) is 2.33. The van der Waals surface area contributed by atoms with Crippen molar-refractivity contribution in [3.8, 4) is 5.75 Å². The first kappa shape index (κ1) is 17.0. The van der Waals surface area contributed by atoms with Crippen molar-refractivity contribution >= 4 is 0 Å². The molecule has 2 N–H and O–H groups in total. The van der Waals surface area contributed by atoms with Crippen LogP contribution < -0.4 is 10.1 Å². The molecule has 0 amide bonds. The second-order valence-corrected chi connectivity index (χ2v) is 6.52. The highest BCUT2D eigenvalue weighted by atomic mass is 16.5. The zero-order valence-electron chi connectivity index (χ0n) is 13.4. The second kappa shape index (κ2) is 7.65. The van der Waals surface area contributed by atoms with Gasteiger partial charge in [-0.2, -0.15) is 0 Å². The molecule has 1 aromatic rings. The lowest BCUT2D eigenvalue weighted by Gasteiger charge is -2.24. The molecular weight excluding hydrogens is 250 g/mol. The Balaban J connectivity index is 2.56. The molecule has 2 atom stereocenters. The molecule has 1 aromatic carbocycles. The molecule has 114 valence electrons. The Hall–Kier alpha value is -1.06. The Morgan fingerprint density at radius 2 is 1.90 bits per heavy atom. The monoisotopic (exact) mass is 279 g/mol. The van der Waals surface area contributed by atoms with E-state index in [0.29, 0.717) is 13.2 Å². The van der Waals surface area contributed by atoms with Crippen LogP contribution in [0.15, 0.2) is 24.3 Å². The third-order valence-electron chi connectivity index (χ3n) is 3.19. The molecule has 0 spiro atoms. The van der Waals surface area contributed by atoms with E-state index in [1.54, 1.807) is 0 Å². The summed E-state index contributed by atoms with van der Waals surface area (Å²) in [4.78, 5) is 0. The molecule has 0 aromatic heterocycles. The van der Waals surface area contributed by atoms with Crippen LogP contribution in [0.25, 0.3) is 0 Å². The van der Waals surface area contributed by atoms with E-state index in [1.165, 1.54) is 0 Å². The molecule has 0 saturated heterocycles. The van der Waals surface area contributed by atoms with Crippen LogP contribution >= 0.6 is 0 Å². The predicted octanol–water partition coefficient (Wildman–Crippen LogP) is 3.53. The number of hydrogen-bond donors (Lipinski definition) is 2. The summed E-state index contributed by atoms with van der Waals surface area (Å²) in [5.74, 6) is 0.917. The van der Waals surface area contributed by atoms with Gasteiger partial charge in [-0.3, -0.25) is 0 Å². The average Bonchev–Trinajstić information content (AvgIpc) is 2.35. The summed E-state index contributed by atoms with van der Waals surface area (Å²) in [5.41, 5.74) is 1.28. The summed E-state index contributed by atoms with van der Waals surface area (Å²) < 4.78 is 5.64. The maximum absolute atomic E-state index is 10.1. The van der Waals surface area contributed by atoms with Crippen LogP contribution in [-0.4, -0.2) is 24.4 Å². The highest BCUT2D eigenvalue weighted by Gasteiger charge is 2.18. The third kappa shape index (κ3) is 5.93. The topological polar surface area (TPSA) is 41.5 Å². The van der Waals surface area contributed by atoms with Gasteiger partial charge in [0.25, 0.3) is 0 Å². The van der Waals surface area contributed by atoms with Gasteiger partial charge in [0, 0.05) is 18.2 Å². The van der Waals surface area contributed by atoms with Crippen LogP contribution in [-0.2, 0) is 0 Å². The zero-order valence-corrected chi connectivity index (χ0v) is 13.4. The van der Waals surface area contributed by atoms with E-state index in [0.717, 1.165) is 17.7 Å². The predicted molar refractivity (Wildman–Crippen MR) is 84.1 cm³/mol. The minimum absolute atomic E-state index is 0.146. The van der Waals surface area contributed by atoms with Crippen molar-refractivity contribution in [2.24, 2.45) is 5.41 Å². The maximum Gasteiger partial charge on any atom is 0.124 e. The fourth-order valence-electron chi connectivity index (χ4n) is 2.33. The molecule has 0 aliphatic carbocycles. The van der Waals surface area contributed by atoms with Crippen molar-refractivity contribution in [1.82, 2.24) is 5.32 Å². The summed E-state index contributed by atoms with van der Waals surface area (Å²) in [7, 11) is 0. The lowest BCUT2D eigenvalue weighted by atomic mass is 9.89. The zero-order chi connectivity index (χ0) is 15.2. The molecule has 0 fully saturated rings. The number of ether oxygens (including phenoxy) is 1. The van der Waals surface area contributed by atoms with Crippen molar-refractivity contribution in [2.45, 2.75) is 53.2 Å². The molecule has 0 saturated carbocycles. The van der Waals surface area contributed by atoms with Gasteiger partial charge in [0.05, 0.1) is 12.7 Å². The van der Waals surface area contributed by atoms with Crippen molar-refractivity contribution in [2.75, 3.05) is 13.2 Å². The lowest BCUT2D eigenvalue weighted by Crippen LogP contribution is -2.32. The quantitative estimate of drug-likeness (QED) is 0.802. The normalized spacial score (nSPS) is 14.9. The highest BCUT2D eigenvalue weighted by Crippen LogP contribution is 2.25. The smallest absolute Gasteiger partial charge is 0.124 e. The molecule has 1 rings (SSSR count). The molecule has 0 aliphatic heterocycles. The van der Waals surface area contributed by atoms with Gasteiger partial charge < -0.3 is 15.2 Å². The van der Waals surface area contributed by atoms with E-state index < -0.39 is 0 Å². The van der Waals surface area contributed by atoms with E-state index >= 15 is 0 Å². The van der Waals surface area contributed by atoms with Crippen molar-refractivity contribution < 1.29 is 9.84 Å². The Morgan fingerprint density at radius 3 is 2.50 bits per heavy atom. The summed E-state index contributed by atoms with van der Waals surface area (Å²) in [5, 5.41) is 13.4. The van der Waals surface area contributed by atoms with Gasteiger partial charge in [-0.25, -0.2) is 0 Å². The summed E-state index contributed by atoms with van der Waals surface area (Å²) in [6.07, 6.45) is 0.469. The third-order valence-corrected chi connectivity index (χ3v) is 3.19. The average molecular weight is 279 g/mol. The van der Waals surface area contributed by atoms with Crippen LogP contribution in [0.4, 0.5) is 0 Å². The number of para-hydroxylation sites is 1. The van der Waals surface area contributed by atoms with E-state index in [-0.39, 0.29) is 17.6 Å². The molecule has 0 radical (unpaired) electrons. The number of benzene rings is 1. The van der Waals surface area contributed by atoms with Crippen LogP contribution in [0, 0.1) is 5.41 Å². The van der Waals surface area contributed by atoms with Gasteiger partial charge in [0.2, 0.25) is 0 Å². The first-order valence-electron chi connectivity index (χ1n) is 7.46. The van der Waals surface area contributed by atoms with Crippen LogP contribution in [0.5, 0.6) is 5.75 Å². The molecule has 0 heterocycles. The van der Waals surface area contributed by atoms with Gasteiger partial charge in [0.15, 0.2) is 0 Å². The van der Waals surface area contributed by atoms with E-state index in [2.05, 4.69) is 39.1 Å². The number of aliphatic hydroxyl groups excluding tert-OH is 1. The van der Waals surface area contributed by atoms with Crippen molar-refractivity contribution in [3.05, 3.63) is 29.8 Å². The SMILES string of the molecule is CCOc1ccccc1C(C)NCC(O)CC(C)(C)C. The molecular formula is C17H29NO2. The number of hydrogen-bond acceptors (Lipinski definition) is 3. The summed E-state index contributed by atoms with van der Waals surface area (Å²) in [6, 6.07) is 8.21. The first-order valence-corrected chi connectivity index (χ1v) is 7.46. The maximum atomic E-state index is 10.1. The standard InChI is InChI=1S/C17H29NO2/c1-6-20-16-10-8-7-9-15(16)13(2)18-12-14(19)11-17(3,4)5/h7-10,13-14,18-19H,6,11-12H2,1-5H3. The largest absolute Gasteiger partial charge is 0.494 e. The Labute approximate surface area is 123 Å². The van der Waals surface area contributed by atoms with Gasteiger partial charge >= 0.3 is 0 Å². The second-order valence-electron chi connectivity index (χ2n) is 6.52. The van der Waals surface area contributed by atoms with Gasteiger partial charge in [-0.05, 0) is 31.7 Å². The van der Waals surface area contributed by atoms with Gasteiger partial charge in [-0.15, -0.1) is 0 Å². The Morgan fingerprint density at radius 1 is 1.25 bits per heavy atom. The Kier molecular flexibility index (Phi) is 6.50. The first-order chi connectivity index (χ1) is 9.33. The van der Waals surface area contributed by atoms with Crippen molar-refractivity contribution in [3.63, 3.8) is 0 Å². The van der Waals surface area contributed by atoms with Gasteiger partial charge in [-0.1, -0.05) is 39.0 Å².